The highest BCUT2D eigenvalue weighted by Crippen LogP contribution is 2.37. The number of urea groups is 1. The van der Waals surface area contributed by atoms with Gasteiger partial charge in [0.2, 0.25) is 6.23 Å². The Bertz CT molecular complexity index is 504. The lowest BCUT2D eigenvalue weighted by atomic mass is 9.97. The summed E-state index contributed by atoms with van der Waals surface area (Å²) in [5, 5.41) is 13.1. The van der Waals surface area contributed by atoms with Gasteiger partial charge in [0.1, 0.15) is 5.75 Å². The van der Waals surface area contributed by atoms with E-state index in [9.17, 15) is 14.9 Å². The Balaban J connectivity index is 2.02. The number of carbonyl (C=O) groups is 1. The molecular weight excluding hydrogens is 226 g/mol. The van der Waals surface area contributed by atoms with Gasteiger partial charge in [-0.25, -0.2) is 14.9 Å². The lowest BCUT2D eigenvalue weighted by Gasteiger charge is -2.38. The van der Waals surface area contributed by atoms with E-state index in [1.807, 2.05) is 12.1 Å². The summed E-state index contributed by atoms with van der Waals surface area (Å²) in [5.41, 5.74) is 0.861. The Labute approximate surface area is 96.1 Å². The first-order valence-electron chi connectivity index (χ1n) is 5.16. The number of nitrogens with one attached hydrogen (secondary N) is 1. The van der Waals surface area contributed by atoms with Crippen molar-refractivity contribution in [3.8, 4) is 5.75 Å². The Morgan fingerprint density at radius 1 is 1.47 bits per heavy atom. The summed E-state index contributed by atoms with van der Waals surface area (Å²) in [6.45, 7) is 0. The Hall–Kier alpha value is -2.31. The lowest BCUT2D eigenvalue weighted by Crippen LogP contribution is -2.59. The van der Waals surface area contributed by atoms with Gasteiger partial charge in [-0.05, 0) is 6.07 Å². The SMILES string of the molecule is O=C1NC2CC(Oc3ccccc32)N1[N+](=O)[O-]. The maximum Gasteiger partial charge on any atom is 0.380 e. The van der Waals surface area contributed by atoms with Crippen LogP contribution in [0.25, 0.3) is 0 Å². The fourth-order valence-corrected chi connectivity index (χ4v) is 2.21. The molecule has 0 radical (unpaired) electrons. The fraction of sp³-hybridized carbons (Fsp3) is 0.300. The number of rotatable bonds is 1. The van der Waals surface area contributed by atoms with E-state index in [2.05, 4.69) is 5.32 Å². The zero-order valence-corrected chi connectivity index (χ0v) is 8.70. The van der Waals surface area contributed by atoms with Crippen LogP contribution in [0, 0.1) is 10.1 Å². The van der Waals surface area contributed by atoms with E-state index >= 15 is 0 Å². The molecule has 7 nitrogen and oxygen atoms in total. The third-order valence-corrected chi connectivity index (χ3v) is 2.95. The molecule has 0 spiro atoms. The second kappa shape index (κ2) is 3.34. The zero-order chi connectivity index (χ0) is 12.0. The molecule has 7 heteroatoms. The lowest BCUT2D eigenvalue weighted by molar-refractivity contribution is -0.652. The number of ether oxygens (including phenoxy) is 1. The molecule has 1 fully saturated rings. The Morgan fingerprint density at radius 3 is 3.00 bits per heavy atom. The number of hydrazine groups is 1. The summed E-state index contributed by atoms with van der Waals surface area (Å²) >= 11 is 0. The van der Waals surface area contributed by atoms with E-state index in [0.717, 1.165) is 5.56 Å². The average Bonchev–Trinajstić information content (AvgIpc) is 2.28. The number of hydrogen-bond donors (Lipinski definition) is 1. The second-order valence-electron chi connectivity index (χ2n) is 3.93. The fourth-order valence-electron chi connectivity index (χ4n) is 2.21. The number of benzene rings is 1. The van der Waals surface area contributed by atoms with Gasteiger partial charge < -0.3 is 10.1 Å². The third kappa shape index (κ3) is 1.39. The van der Waals surface area contributed by atoms with Gasteiger partial charge in [-0.3, -0.25) is 0 Å². The number of nitro groups is 1. The second-order valence-corrected chi connectivity index (χ2v) is 3.93. The maximum absolute atomic E-state index is 11.6. The molecule has 2 bridgehead atoms. The molecule has 2 atom stereocenters. The Morgan fingerprint density at radius 2 is 2.24 bits per heavy atom. The molecule has 0 aromatic heterocycles. The van der Waals surface area contributed by atoms with Crippen LogP contribution >= 0.6 is 0 Å². The molecule has 2 aliphatic rings. The van der Waals surface area contributed by atoms with Crippen molar-refractivity contribution in [1.29, 1.82) is 0 Å². The minimum absolute atomic E-state index is 0.214. The third-order valence-electron chi connectivity index (χ3n) is 2.95. The highest BCUT2D eigenvalue weighted by atomic mass is 16.7. The molecule has 2 unspecified atom stereocenters. The van der Waals surface area contributed by atoms with Gasteiger partial charge in [-0.1, -0.05) is 18.2 Å². The predicted molar refractivity (Wildman–Crippen MR) is 55.6 cm³/mol. The molecule has 0 aliphatic carbocycles. The van der Waals surface area contributed by atoms with Crippen molar-refractivity contribution in [3.63, 3.8) is 0 Å². The van der Waals surface area contributed by atoms with Crippen molar-refractivity contribution in [2.24, 2.45) is 0 Å². The van der Waals surface area contributed by atoms with E-state index in [4.69, 9.17) is 4.74 Å². The van der Waals surface area contributed by atoms with Gasteiger partial charge in [0.05, 0.1) is 6.04 Å². The molecule has 1 saturated heterocycles. The van der Waals surface area contributed by atoms with E-state index in [0.29, 0.717) is 17.2 Å². The van der Waals surface area contributed by atoms with Crippen molar-refractivity contribution in [2.45, 2.75) is 18.7 Å². The molecule has 88 valence electrons. The molecule has 1 N–H and O–H groups in total. The van der Waals surface area contributed by atoms with Crippen LogP contribution < -0.4 is 10.1 Å². The molecule has 17 heavy (non-hydrogen) atoms. The van der Waals surface area contributed by atoms with Gasteiger partial charge in [0.25, 0.3) is 0 Å². The highest BCUT2D eigenvalue weighted by molar-refractivity contribution is 5.75. The molecule has 2 amide bonds. The van der Waals surface area contributed by atoms with Crippen LogP contribution in [-0.2, 0) is 0 Å². The van der Waals surface area contributed by atoms with Crippen LogP contribution in [-0.4, -0.2) is 22.3 Å². The van der Waals surface area contributed by atoms with Crippen LogP contribution in [0.3, 0.4) is 0 Å². The Kier molecular flexibility index (Phi) is 1.94. The van der Waals surface area contributed by atoms with Crippen molar-refractivity contribution >= 4 is 6.03 Å². The minimum atomic E-state index is -0.835. The van der Waals surface area contributed by atoms with Crippen LogP contribution in [0.4, 0.5) is 4.79 Å². The van der Waals surface area contributed by atoms with Crippen molar-refractivity contribution < 1.29 is 14.6 Å². The first kappa shape index (κ1) is 9.88. The summed E-state index contributed by atoms with van der Waals surface area (Å²) in [6, 6.07) is 6.27. The summed E-state index contributed by atoms with van der Waals surface area (Å²) < 4.78 is 5.47. The molecule has 2 heterocycles. The van der Waals surface area contributed by atoms with Crippen LogP contribution in [0.1, 0.15) is 18.0 Å². The van der Waals surface area contributed by atoms with Crippen LogP contribution in [0.5, 0.6) is 5.75 Å². The monoisotopic (exact) mass is 235 g/mol. The summed E-state index contributed by atoms with van der Waals surface area (Å²) in [6.07, 6.45) is -0.456. The normalized spacial score (nSPS) is 25.6. The number of para-hydroxylation sites is 1. The summed E-state index contributed by atoms with van der Waals surface area (Å²) in [7, 11) is 0. The summed E-state index contributed by atoms with van der Waals surface area (Å²) in [4.78, 5) is 22.3. The molecule has 0 saturated carbocycles. The molecule has 1 aromatic rings. The van der Waals surface area contributed by atoms with E-state index in [-0.39, 0.29) is 6.04 Å². The van der Waals surface area contributed by atoms with Gasteiger partial charge in [-0.15, -0.1) is 0 Å². The van der Waals surface area contributed by atoms with E-state index < -0.39 is 17.3 Å². The number of nitrogens with zero attached hydrogens (tertiary/aromatic N) is 2. The first-order valence-corrected chi connectivity index (χ1v) is 5.16. The number of carbonyl (C=O) groups excluding carboxylic acids is 1. The van der Waals surface area contributed by atoms with E-state index in [1.54, 1.807) is 12.1 Å². The quantitative estimate of drug-likeness (QED) is 0.582. The first-order chi connectivity index (χ1) is 8.16. The standard InChI is InChI=1S/C10H9N3O4/c14-10-11-7-5-9(12(10)13(15)16)17-8-4-2-1-3-6(7)8/h1-4,7,9H,5H2,(H,11,14). The van der Waals surface area contributed by atoms with Crippen molar-refractivity contribution in [1.82, 2.24) is 10.3 Å². The largest absolute Gasteiger partial charge is 0.464 e. The topological polar surface area (TPSA) is 84.7 Å². The van der Waals surface area contributed by atoms with Gasteiger partial charge in [0.15, 0.2) is 5.03 Å². The number of fused-ring (bicyclic) bond motifs is 4. The highest BCUT2D eigenvalue weighted by Gasteiger charge is 2.46. The molecular formula is C10H9N3O4. The van der Waals surface area contributed by atoms with Crippen molar-refractivity contribution in [2.75, 3.05) is 0 Å². The number of hydrogen-bond acceptors (Lipinski definition) is 4. The predicted octanol–water partition coefficient (Wildman–Crippen LogP) is 1.05. The summed E-state index contributed by atoms with van der Waals surface area (Å²) in [5.74, 6) is 0.584. The van der Waals surface area contributed by atoms with Gasteiger partial charge in [-0.2, -0.15) is 0 Å². The van der Waals surface area contributed by atoms with Crippen molar-refractivity contribution in [3.05, 3.63) is 39.9 Å². The van der Waals surface area contributed by atoms with E-state index in [1.165, 1.54) is 0 Å². The van der Waals surface area contributed by atoms with Crippen LogP contribution in [0.15, 0.2) is 24.3 Å². The molecule has 2 aliphatic heterocycles. The smallest absolute Gasteiger partial charge is 0.380 e. The van der Waals surface area contributed by atoms with Gasteiger partial charge >= 0.3 is 6.03 Å². The van der Waals surface area contributed by atoms with Crippen LogP contribution in [0.2, 0.25) is 0 Å². The maximum atomic E-state index is 11.6. The molecule has 1 aromatic carbocycles. The zero-order valence-electron chi connectivity index (χ0n) is 8.70. The van der Waals surface area contributed by atoms with Gasteiger partial charge in [0, 0.05) is 17.0 Å². The molecule has 3 rings (SSSR count). The number of amides is 2. The average molecular weight is 235 g/mol. The minimum Gasteiger partial charge on any atom is -0.464 e.